The first-order valence-electron chi connectivity index (χ1n) is 6.65. The Morgan fingerprint density at radius 2 is 2.05 bits per heavy atom. The summed E-state index contributed by atoms with van der Waals surface area (Å²) in [4.78, 5) is 6.44. The minimum Gasteiger partial charge on any atom is -0.473 e. The van der Waals surface area contributed by atoms with Crippen LogP contribution in [0.25, 0.3) is 0 Å². The van der Waals surface area contributed by atoms with E-state index >= 15 is 0 Å². The van der Waals surface area contributed by atoms with Crippen LogP contribution in [0.1, 0.15) is 25.4 Å². The number of anilines is 2. The van der Waals surface area contributed by atoms with Crippen LogP contribution >= 0.6 is 0 Å². The van der Waals surface area contributed by atoms with Crippen molar-refractivity contribution in [2.24, 2.45) is 0 Å². The van der Waals surface area contributed by atoms with Gasteiger partial charge in [0.15, 0.2) is 0 Å². The van der Waals surface area contributed by atoms with Gasteiger partial charge in [0, 0.05) is 7.05 Å². The molecular weight excluding hydrogens is 254 g/mol. The molecule has 2 aromatic rings. The number of pyridine rings is 1. The zero-order valence-electron chi connectivity index (χ0n) is 12.4. The Bertz CT molecular complexity index is 578. The molecule has 5 heteroatoms. The molecule has 0 aliphatic heterocycles. The fourth-order valence-corrected chi connectivity index (χ4v) is 1.86. The molecule has 5 nitrogen and oxygen atoms in total. The number of hydrogen-bond donors (Lipinski definition) is 1. The van der Waals surface area contributed by atoms with Crippen molar-refractivity contribution in [1.29, 1.82) is 0 Å². The van der Waals surface area contributed by atoms with Crippen molar-refractivity contribution in [3.05, 3.63) is 35.8 Å². The molecule has 0 bridgehead atoms. The largest absolute Gasteiger partial charge is 0.473 e. The van der Waals surface area contributed by atoms with Crippen molar-refractivity contribution in [3.63, 3.8) is 0 Å². The van der Waals surface area contributed by atoms with E-state index in [0.29, 0.717) is 18.1 Å². The molecule has 0 aromatic carbocycles. The van der Waals surface area contributed by atoms with Crippen molar-refractivity contribution in [2.45, 2.75) is 33.4 Å². The number of nitrogens with two attached hydrogens (primary N) is 1. The van der Waals surface area contributed by atoms with Gasteiger partial charge in [-0.1, -0.05) is 0 Å². The van der Waals surface area contributed by atoms with Gasteiger partial charge >= 0.3 is 0 Å². The quantitative estimate of drug-likeness (QED) is 0.908. The predicted octanol–water partition coefficient (Wildman–Crippen LogP) is 2.99. The Balaban J connectivity index is 2.15. The van der Waals surface area contributed by atoms with Crippen LogP contribution in [0.15, 0.2) is 28.7 Å². The average molecular weight is 275 g/mol. The lowest BCUT2D eigenvalue weighted by Gasteiger charge is -2.19. The highest BCUT2D eigenvalue weighted by Crippen LogP contribution is 2.24. The standard InChI is InChI=1S/C15H21N3O2/c1-10(2)19-15-13(16)7-8-14(17-15)18(4)9-12-6-5-11(3)20-12/h5-8,10H,9,16H2,1-4H3. The van der Waals surface area contributed by atoms with Gasteiger partial charge in [0.2, 0.25) is 5.88 Å². The molecule has 0 fully saturated rings. The zero-order chi connectivity index (χ0) is 14.7. The summed E-state index contributed by atoms with van der Waals surface area (Å²) in [7, 11) is 1.95. The molecule has 20 heavy (non-hydrogen) atoms. The number of furan rings is 1. The Labute approximate surface area is 119 Å². The van der Waals surface area contributed by atoms with Gasteiger partial charge in [0.25, 0.3) is 0 Å². The van der Waals surface area contributed by atoms with Gasteiger partial charge in [0.1, 0.15) is 17.3 Å². The lowest BCUT2D eigenvalue weighted by molar-refractivity contribution is 0.234. The van der Waals surface area contributed by atoms with E-state index in [1.165, 1.54) is 0 Å². The van der Waals surface area contributed by atoms with Crippen LogP contribution in [0.4, 0.5) is 11.5 Å². The van der Waals surface area contributed by atoms with Gasteiger partial charge in [-0.15, -0.1) is 0 Å². The maximum absolute atomic E-state index is 5.87. The second kappa shape index (κ2) is 5.86. The van der Waals surface area contributed by atoms with E-state index in [0.717, 1.165) is 17.3 Å². The summed E-state index contributed by atoms with van der Waals surface area (Å²) in [5, 5.41) is 0. The molecular formula is C15H21N3O2. The number of aryl methyl sites for hydroxylation is 1. The topological polar surface area (TPSA) is 64.5 Å². The fourth-order valence-electron chi connectivity index (χ4n) is 1.86. The van der Waals surface area contributed by atoms with Gasteiger partial charge in [-0.05, 0) is 45.0 Å². The van der Waals surface area contributed by atoms with E-state index in [-0.39, 0.29) is 6.10 Å². The first kappa shape index (κ1) is 14.2. The van der Waals surface area contributed by atoms with Crippen LogP contribution in [0.3, 0.4) is 0 Å². The second-order valence-corrected chi connectivity index (χ2v) is 5.10. The number of nitrogens with zero attached hydrogens (tertiary/aromatic N) is 2. The monoisotopic (exact) mass is 275 g/mol. The van der Waals surface area contributed by atoms with Crippen LogP contribution in [0.5, 0.6) is 5.88 Å². The molecule has 2 heterocycles. The SMILES string of the molecule is Cc1ccc(CN(C)c2ccc(N)c(OC(C)C)n2)o1. The minimum atomic E-state index is 0.0399. The second-order valence-electron chi connectivity index (χ2n) is 5.10. The molecule has 0 saturated heterocycles. The molecule has 0 spiro atoms. The van der Waals surface area contributed by atoms with Crippen LogP contribution in [0, 0.1) is 6.92 Å². The Kier molecular flexibility index (Phi) is 4.17. The van der Waals surface area contributed by atoms with Gasteiger partial charge in [0.05, 0.1) is 18.3 Å². The molecule has 0 atom stereocenters. The normalized spacial score (nSPS) is 10.8. The number of aromatic nitrogens is 1. The summed E-state index contributed by atoms with van der Waals surface area (Å²) in [6.07, 6.45) is 0.0399. The van der Waals surface area contributed by atoms with Crippen molar-refractivity contribution in [1.82, 2.24) is 4.98 Å². The number of ether oxygens (including phenoxy) is 1. The van der Waals surface area contributed by atoms with E-state index in [4.69, 9.17) is 14.9 Å². The summed E-state index contributed by atoms with van der Waals surface area (Å²) in [6, 6.07) is 7.60. The van der Waals surface area contributed by atoms with Gasteiger partial charge in [-0.2, -0.15) is 4.98 Å². The van der Waals surface area contributed by atoms with Gasteiger partial charge in [-0.25, -0.2) is 0 Å². The van der Waals surface area contributed by atoms with E-state index in [2.05, 4.69) is 4.98 Å². The molecule has 0 aliphatic carbocycles. The van der Waals surface area contributed by atoms with Crippen LogP contribution in [0.2, 0.25) is 0 Å². The third kappa shape index (κ3) is 3.44. The molecule has 0 aliphatic rings. The summed E-state index contributed by atoms with van der Waals surface area (Å²) < 4.78 is 11.2. The van der Waals surface area contributed by atoms with Crippen molar-refractivity contribution < 1.29 is 9.15 Å². The maximum Gasteiger partial charge on any atom is 0.239 e. The highest BCUT2D eigenvalue weighted by Gasteiger charge is 2.11. The lowest BCUT2D eigenvalue weighted by atomic mass is 10.3. The van der Waals surface area contributed by atoms with Crippen LogP contribution in [-0.2, 0) is 6.54 Å². The Hall–Kier alpha value is -2.17. The first-order valence-corrected chi connectivity index (χ1v) is 6.65. The average Bonchev–Trinajstić information content (AvgIpc) is 2.77. The predicted molar refractivity (Wildman–Crippen MR) is 80.0 cm³/mol. The number of nitrogen functional groups attached to an aromatic ring is 1. The smallest absolute Gasteiger partial charge is 0.239 e. The number of hydrogen-bond acceptors (Lipinski definition) is 5. The lowest BCUT2D eigenvalue weighted by Crippen LogP contribution is -2.18. The molecule has 2 rings (SSSR count). The van der Waals surface area contributed by atoms with Crippen LogP contribution < -0.4 is 15.4 Å². The summed E-state index contributed by atoms with van der Waals surface area (Å²) in [6.45, 7) is 6.47. The molecule has 2 N–H and O–H groups in total. The third-order valence-corrected chi connectivity index (χ3v) is 2.80. The maximum atomic E-state index is 5.87. The van der Waals surface area contributed by atoms with Crippen molar-refractivity contribution in [2.75, 3.05) is 17.7 Å². The zero-order valence-corrected chi connectivity index (χ0v) is 12.4. The van der Waals surface area contributed by atoms with E-state index in [9.17, 15) is 0 Å². The molecule has 0 saturated carbocycles. The number of rotatable bonds is 5. The van der Waals surface area contributed by atoms with Crippen molar-refractivity contribution in [3.8, 4) is 5.88 Å². The van der Waals surface area contributed by atoms with Crippen molar-refractivity contribution >= 4 is 11.5 Å². The molecule has 2 aromatic heterocycles. The highest BCUT2D eigenvalue weighted by atomic mass is 16.5. The first-order chi connectivity index (χ1) is 9.45. The van der Waals surface area contributed by atoms with Crippen LogP contribution in [-0.4, -0.2) is 18.1 Å². The molecule has 0 amide bonds. The molecule has 108 valence electrons. The minimum absolute atomic E-state index is 0.0399. The summed E-state index contributed by atoms with van der Waals surface area (Å²) in [5.74, 6) is 3.07. The molecule has 0 radical (unpaired) electrons. The summed E-state index contributed by atoms with van der Waals surface area (Å²) in [5.41, 5.74) is 6.42. The Morgan fingerprint density at radius 3 is 2.65 bits per heavy atom. The highest BCUT2D eigenvalue weighted by molar-refractivity contribution is 5.54. The van der Waals surface area contributed by atoms with Gasteiger partial charge in [-0.3, -0.25) is 0 Å². The summed E-state index contributed by atoms with van der Waals surface area (Å²) >= 11 is 0. The van der Waals surface area contributed by atoms with E-state index < -0.39 is 0 Å². The van der Waals surface area contributed by atoms with E-state index in [1.807, 2.05) is 57.0 Å². The third-order valence-electron chi connectivity index (χ3n) is 2.80. The molecule has 0 unspecified atom stereocenters. The fraction of sp³-hybridized carbons (Fsp3) is 0.400. The van der Waals surface area contributed by atoms with E-state index in [1.54, 1.807) is 0 Å². The Morgan fingerprint density at radius 1 is 1.30 bits per heavy atom. The van der Waals surface area contributed by atoms with Gasteiger partial charge < -0.3 is 19.8 Å².